The largest absolute Gasteiger partial charge is 0.381 e. The van der Waals surface area contributed by atoms with E-state index in [1.165, 1.54) is 5.56 Å². The van der Waals surface area contributed by atoms with Crippen LogP contribution in [-0.2, 0) is 4.74 Å². The van der Waals surface area contributed by atoms with Crippen LogP contribution in [0.5, 0.6) is 0 Å². The van der Waals surface area contributed by atoms with E-state index >= 15 is 0 Å². The molecule has 1 unspecified atom stereocenters. The summed E-state index contributed by atoms with van der Waals surface area (Å²) in [6.07, 6.45) is 3.08. The number of hydrogen-bond donors (Lipinski definition) is 3. The minimum atomic E-state index is -0.00277. The first-order chi connectivity index (χ1) is 14.9. The van der Waals surface area contributed by atoms with E-state index in [4.69, 9.17) is 4.74 Å². The Labute approximate surface area is 213 Å². The third kappa shape index (κ3) is 9.53. The molecular weight excluding hydrogens is 513 g/mol. The Balaban J connectivity index is 0.00000512. The molecule has 6 nitrogen and oxygen atoms in total. The van der Waals surface area contributed by atoms with E-state index in [1.807, 2.05) is 7.05 Å². The molecule has 32 heavy (non-hydrogen) atoms. The Hall–Kier alpha value is -0.900. The molecule has 0 aliphatic carbocycles. The monoisotopic (exact) mass is 559 g/mol. The molecule has 7 heteroatoms. The van der Waals surface area contributed by atoms with Crippen LogP contribution < -0.4 is 16.0 Å². The first kappa shape index (κ1) is 29.1. The van der Waals surface area contributed by atoms with Crippen molar-refractivity contribution in [1.82, 2.24) is 20.9 Å². The first-order valence-electron chi connectivity index (χ1n) is 12.0. The Morgan fingerprint density at radius 2 is 1.66 bits per heavy atom. The minimum absolute atomic E-state index is 0. The van der Waals surface area contributed by atoms with Crippen molar-refractivity contribution in [1.29, 1.82) is 0 Å². The van der Waals surface area contributed by atoms with Crippen LogP contribution in [-0.4, -0.2) is 68.4 Å². The molecule has 0 aromatic heterocycles. The zero-order valence-electron chi connectivity index (χ0n) is 21.0. The van der Waals surface area contributed by atoms with E-state index < -0.39 is 0 Å². The lowest BCUT2D eigenvalue weighted by atomic mass is 9.88. The van der Waals surface area contributed by atoms with Gasteiger partial charge in [-0.15, -0.1) is 24.0 Å². The van der Waals surface area contributed by atoms with E-state index in [0.29, 0.717) is 12.1 Å². The van der Waals surface area contributed by atoms with Gasteiger partial charge in [-0.2, -0.15) is 0 Å². The molecule has 1 aliphatic heterocycles. The van der Waals surface area contributed by atoms with Crippen LogP contribution in [0, 0.1) is 0 Å². The Morgan fingerprint density at radius 3 is 2.22 bits per heavy atom. The molecular formula is C25H46IN5O. The van der Waals surface area contributed by atoms with Gasteiger partial charge in [-0.25, -0.2) is 0 Å². The lowest BCUT2D eigenvalue weighted by molar-refractivity contribution is 0.0355. The standard InChI is InChI=1S/C25H45N5O.HI/c1-20(2)30(21(3)4)16-10-15-27-24(26-6)28-19-25(13-17-31-18-14-25)29-22(5)23-11-8-7-9-12-23;/h7-9,11-12,20-22,29H,10,13-19H2,1-6H3,(H2,26,27,28);1H. The molecule has 1 saturated heterocycles. The fourth-order valence-electron chi connectivity index (χ4n) is 4.47. The highest BCUT2D eigenvalue weighted by Gasteiger charge is 2.34. The van der Waals surface area contributed by atoms with Crippen LogP contribution in [0.15, 0.2) is 35.3 Å². The lowest BCUT2D eigenvalue weighted by Gasteiger charge is -2.41. The molecule has 0 radical (unpaired) electrons. The van der Waals surface area contributed by atoms with Gasteiger partial charge in [0.2, 0.25) is 0 Å². The second-order valence-corrected chi connectivity index (χ2v) is 9.30. The van der Waals surface area contributed by atoms with Crippen molar-refractivity contribution < 1.29 is 4.74 Å². The molecule has 0 bridgehead atoms. The first-order valence-corrected chi connectivity index (χ1v) is 12.0. The van der Waals surface area contributed by atoms with Gasteiger partial charge in [0.25, 0.3) is 0 Å². The van der Waals surface area contributed by atoms with Gasteiger partial charge in [0.1, 0.15) is 0 Å². The number of rotatable bonds is 11. The molecule has 1 heterocycles. The number of guanidine groups is 1. The maximum absolute atomic E-state index is 5.67. The predicted octanol–water partition coefficient (Wildman–Crippen LogP) is 4.18. The van der Waals surface area contributed by atoms with Gasteiger partial charge in [-0.05, 0) is 59.4 Å². The average molecular weight is 560 g/mol. The van der Waals surface area contributed by atoms with Crippen molar-refractivity contribution in [3.63, 3.8) is 0 Å². The number of nitrogens with one attached hydrogen (secondary N) is 3. The molecule has 0 amide bonds. The van der Waals surface area contributed by atoms with Crippen LogP contribution in [0.1, 0.15) is 65.5 Å². The summed E-state index contributed by atoms with van der Waals surface area (Å²) in [5.41, 5.74) is 1.31. The second-order valence-electron chi connectivity index (χ2n) is 9.30. The third-order valence-electron chi connectivity index (χ3n) is 6.30. The highest BCUT2D eigenvalue weighted by Crippen LogP contribution is 2.25. The van der Waals surface area contributed by atoms with Crippen molar-refractivity contribution in [2.24, 2.45) is 4.99 Å². The summed E-state index contributed by atoms with van der Waals surface area (Å²) in [7, 11) is 1.85. The van der Waals surface area contributed by atoms with Crippen LogP contribution >= 0.6 is 24.0 Å². The summed E-state index contributed by atoms with van der Waals surface area (Å²) in [5, 5.41) is 11.0. The summed E-state index contributed by atoms with van der Waals surface area (Å²) in [5.74, 6) is 0.876. The zero-order valence-corrected chi connectivity index (χ0v) is 23.3. The summed E-state index contributed by atoms with van der Waals surface area (Å²) in [4.78, 5) is 6.98. The van der Waals surface area contributed by atoms with Gasteiger partial charge >= 0.3 is 0 Å². The van der Waals surface area contributed by atoms with Crippen molar-refractivity contribution in [2.45, 2.75) is 77.5 Å². The van der Waals surface area contributed by atoms with Gasteiger partial charge in [0, 0.05) is 63.6 Å². The van der Waals surface area contributed by atoms with E-state index in [0.717, 1.165) is 58.1 Å². The molecule has 1 aromatic rings. The second kappa shape index (κ2) is 15.1. The van der Waals surface area contributed by atoms with Crippen LogP contribution in [0.25, 0.3) is 0 Å². The molecule has 1 aliphatic rings. The minimum Gasteiger partial charge on any atom is -0.381 e. The lowest BCUT2D eigenvalue weighted by Crippen LogP contribution is -2.58. The number of benzene rings is 1. The number of hydrogen-bond acceptors (Lipinski definition) is 4. The normalized spacial score (nSPS) is 17.3. The number of nitrogens with zero attached hydrogens (tertiary/aromatic N) is 2. The van der Waals surface area contributed by atoms with Crippen molar-refractivity contribution in [3.05, 3.63) is 35.9 Å². The molecule has 1 aromatic carbocycles. The van der Waals surface area contributed by atoms with Crippen LogP contribution in [0.2, 0.25) is 0 Å². The van der Waals surface area contributed by atoms with Gasteiger partial charge in [0.15, 0.2) is 5.96 Å². The number of aliphatic imine (C=N–C) groups is 1. The Morgan fingerprint density at radius 1 is 1.03 bits per heavy atom. The molecule has 1 atom stereocenters. The van der Waals surface area contributed by atoms with Gasteiger partial charge < -0.3 is 20.7 Å². The van der Waals surface area contributed by atoms with Crippen molar-refractivity contribution in [2.75, 3.05) is 39.9 Å². The SMILES string of the molecule is CN=C(NCCCN(C(C)C)C(C)C)NCC1(NC(C)c2ccccc2)CCOCC1.I. The Bertz CT molecular complexity index is 639. The fraction of sp³-hybridized carbons (Fsp3) is 0.720. The van der Waals surface area contributed by atoms with Crippen molar-refractivity contribution in [3.8, 4) is 0 Å². The number of ether oxygens (including phenoxy) is 1. The van der Waals surface area contributed by atoms with E-state index in [9.17, 15) is 0 Å². The van der Waals surface area contributed by atoms with Gasteiger partial charge in [0.05, 0.1) is 0 Å². The van der Waals surface area contributed by atoms with E-state index in [1.54, 1.807) is 0 Å². The van der Waals surface area contributed by atoms with Crippen LogP contribution in [0.4, 0.5) is 0 Å². The van der Waals surface area contributed by atoms with Gasteiger partial charge in [-0.3, -0.25) is 9.89 Å². The highest BCUT2D eigenvalue weighted by molar-refractivity contribution is 14.0. The highest BCUT2D eigenvalue weighted by atomic mass is 127. The van der Waals surface area contributed by atoms with E-state index in [-0.39, 0.29) is 35.6 Å². The fourth-order valence-corrected chi connectivity index (χ4v) is 4.47. The quantitative estimate of drug-likeness (QED) is 0.164. The molecule has 3 N–H and O–H groups in total. The molecule has 1 fully saturated rings. The zero-order chi connectivity index (χ0) is 22.7. The maximum atomic E-state index is 5.67. The number of halogens is 1. The molecule has 2 rings (SSSR count). The molecule has 184 valence electrons. The maximum Gasteiger partial charge on any atom is 0.191 e. The van der Waals surface area contributed by atoms with Crippen LogP contribution in [0.3, 0.4) is 0 Å². The third-order valence-corrected chi connectivity index (χ3v) is 6.30. The van der Waals surface area contributed by atoms with Gasteiger partial charge in [-0.1, -0.05) is 30.3 Å². The summed E-state index contributed by atoms with van der Waals surface area (Å²) >= 11 is 0. The molecule has 0 spiro atoms. The van der Waals surface area contributed by atoms with Crippen molar-refractivity contribution >= 4 is 29.9 Å². The molecule has 0 saturated carbocycles. The Kier molecular flexibility index (Phi) is 13.7. The smallest absolute Gasteiger partial charge is 0.191 e. The average Bonchev–Trinajstić information content (AvgIpc) is 2.76. The summed E-state index contributed by atoms with van der Waals surface area (Å²) in [6, 6.07) is 12.1. The predicted molar refractivity (Wildman–Crippen MR) is 147 cm³/mol. The van der Waals surface area contributed by atoms with E-state index in [2.05, 4.69) is 90.8 Å². The summed E-state index contributed by atoms with van der Waals surface area (Å²) in [6.45, 7) is 15.7. The summed E-state index contributed by atoms with van der Waals surface area (Å²) < 4.78 is 5.67. The topological polar surface area (TPSA) is 60.9 Å².